The zero-order valence-electron chi connectivity index (χ0n) is 18.5. The standard InChI is InChI=1S/C25H23ClN4O2S2/c1-2-32-24(31)21-13-20(12-17-8-4-3-5-9-17)34-23(21)29-25(33)28-19-14-27-30(16-19)15-18-10-6-7-11-22(18)26/h3-11,13-14,16H,2,12,15H2,1H3,(H2,28,29,33). The van der Waals surface area contributed by atoms with Gasteiger partial charge in [0.25, 0.3) is 0 Å². The second-order valence-electron chi connectivity index (χ2n) is 7.44. The lowest BCUT2D eigenvalue weighted by molar-refractivity contribution is 0.0528. The van der Waals surface area contributed by atoms with Crippen LogP contribution in [0.1, 0.15) is 33.3 Å². The number of aromatic nitrogens is 2. The van der Waals surface area contributed by atoms with Crippen molar-refractivity contribution in [1.82, 2.24) is 9.78 Å². The minimum Gasteiger partial charge on any atom is -0.462 e. The highest BCUT2D eigenvalue weighted by Crippen LogP contribution is 2.31. The number of carbonyl (C=O) groups is 1. The molecule has 34 heavy (non-hydrogen) atoms. The van der Waals surface area contributed by atoms with Crippen LogP contribution in [0.3, 0.4) is 0 Å². The Morgan fingerprint density at radius 2 is 1.91 bits per heavy atom. The molecule has 6 nitrogen and oxygen atoms in total. The minimum absolute atomic E-state index is 0.301. The van der Waals surface area contributed by atoms with Crippen molar-refractivity contribution in [2.45, 2.75) is 19.9 Å². The Kier molecular flexibility index (Phi) is 7.95. The van der Waals surface area contributed by atoms with E-state index in [-0.39, 0.29) is 5.97 Å². The highest BCUT2D eigenvalue weighted by Gasteiger charge is 2.18. The predicted octanol–water partition coefficient (Wildman–Crippen LogP) is 6.22. The molecule has 2 N–H and O–H groups in total. The summed E-state index contributed by atoms with van der Waals surface area (Å²) in [5, 5.41) is 12.3. The summed E-state index contributed by atoms with van der Waals surface area (Å²) in [7, 11) is 0. The first kappa shape index (κ1) is 23.9. The first-order chi connectivity index (χ1) is 16.5. The smallest absolute Gasteiger partial charge is 0.341 e. The maximum Gasteiger partial charge on any atom is 0.341 e. The van der Waals surface area contributed by atoms with E-state index in [0.29, 0.717) is 40.3 Å². The summed E-state index contributed by atoms with van der Waals surface area (Å²) in [6, 6.07) is 19.6. The second-order valence-corrected chi connectivity index (χ2v) is 9.39. The molecule has 0 amide bonds. The Labute approximate surface area is 212 Å². The molecule has 9 heteroatoms. The molecule has 4 aromatic rings. The van der Waals surface area contributed by atoms with Crippen LogP contribution in [-0.2, 0) is 17.7 Å². The van der Waals surface area contributed by atoms with Gasteiger partial charge in [0.2, 0.25) is 0 Å². The first-order valence-corrected chi connectivity index (χ1v) is 12.3. The lowest BCUT2D eigenvalue weighted by Crippen LogP contribution is -2.19. The van der Waals surface area contributed by atoms with Gasteiger partial charge in [-0.3, -0.25) is 4.68 Å². The average Bonchev–Trinajstić information content (AvgIpc) is 3.42. The van der Waals surface area contributed by atoms with E-state index < -0.39 is 0 Å². The van der Waals surface area contributed by atoms with Gasteiger partial charge in [0.1, 0.15) is 5.00 Å². The molecule has 2 heterocycles. The molecule has 0 saturated heterocycles. The fourth-order valence-electron chi connectivity index (χ4n) is 3.36. The van der Waals surface area contributed by atoms with Gasteiger partial charge in [-0.1, -0.05) is 60.1 Å². The van der Waals surface area contributed by atoms with Gasteiger partial charge in [0.05, 0.1) is 30.6 Å². The number of nitrogens with one attached hydrogen (secondary N) is 2. The van der Waals surface area contributed by atoms with Gasteiger partial charge in [-0.05, 0) is 42.4 Å². The molecule has 0 spiro atoms. The Balaban J connectivity index is 1.45. The number of thiophene rings is 1. The van der Waals surface area contributed by atoms with E-state index in [1.807, 2.05) is 54.7 Å². The summed E-state index contributed by atoms with van der Waals surface area (Å²) in [4.78, 5) is 13.6. The van der Waals surface area contributed by atoms with Crippen LogP contribution in [0.2, 0.25) is 5.02 Å². The number of ether oxygens (including phenoxy) is 1. The first-order valence-electron chi connectivity index (χ1n) is 10.7. The number of hydrogen-bond donors (Lipinski definition) is 2. The zero-order chi connectivity index (χ0) is 23.9. The van der Waals surface area contributed by atoms with Crippen molar-refractivity contribution in [2.75, 3.05) is 17.2 Å². The Bertz CT molecular complexity index is 1290. The lowest BCUT2D eigenvalue weighted by Gasteiger charge is -2.09. The van der Waals surface area contributed by atoms with Gasteiger partial charge in [0.15, 0.2) is 5.11 Å². The Morgan fingerprint density at radius 3 is 2.68 bits per heavy atom. The number of hydrogen-bond acceptors (Lipinski definition) is 5. The maximum atomic E-state index is 12.5. The van der Waals surface area contributed by atoms with Crippen LogP contribution < -0.4 is 10.6 Å². The van der Waals surface area contributed by atoms with Gasteiger partial charge in [-0.2, -0.15) is 5.10 Å². The molecule has 0 saturated carbocycles. The van der Waals surface area contributed by atoms with E-state index in [9.17, 15) is 4.79 Å². The third kappa shape index (κ3) is 6.22. The number of anilines is 2. The van der Waals surface area contributed by atoms with E-state index >= 15 is 0 Å². The summed E-state index contributed by atoms with van der Waals surface area (Å²) in [6.45, 7) is 2.63. The summed E-state index contributed by atoms with van der Waals surface area (Å²) in [5.74, 6) is -0.379. The molecule has 4 rings (SSSR count). The summed E-state index contributed by atoms with van der Waals surface area (Å²) < 4.78 is 7.02. The molecule has 0 unspecified atom stereocenters. The van der Waals surface area contributed by atoms with E-state index in [2.05, 4.69) is 27.9 Å². The molecular formula is C25H23ClN4O2S2. The summed E-state index contributed by atoms with van der Waals surface area (Å²) in [5.41, 5.74) is 3.33. The number of benzene rings is 2. The SMILES string of the molecule is CCOC(=O)c1cc(Cc2ccccc2)sc1NC(=S)Nc1cnn(Cc2ccccc2Cl)c1. The normalized spacial score (nSPS) is 10.6. The second kappa shape index (κ2) is 11.3. The minimum atomic E-state index is -0.379. The largest absolute Gasteiger partial charge is 0.462 e. The monoisotopic (exact) mass is 510 g/mol. The van der Waals surface area contributed by atoms with Crippen LogP contribution in [0.15, 0.2) is 73.1 Å². The van der Waals surface area contributed by atoms with Crippen LogP contribution in [0, 0.1) is 0 Å². The third-order valence-electron chi connectivity index (χ3n) is 4.91. The van der Waals surface area contributed by atoms with Crippen LogP contribution in [0.25, 0.3) is 0 Å². The van der Waals surface area contributed by atoms with E-state index in [1.165, 1.54) is 11.3 Å². The quantitative estimate of drug-likeness (QED) is 0.216. The fourth-order valence-corrected chi connectivity index (χ4v) is 4.92. The van der Waals surface area contributed by atoms with Crippen LogP contribution in [0.5, 0.6) is 0 Å². The van der Waals surface area contributed by atoms with Crippen molar-refractivity contribution in [3.05, 3.63) is 99.6 Å². The molecule has 2 aromatic heterocycles. The maximum absolute atomic E-state index is 12.5. The fraction of sp³-hybridized carbons (Fsp3) is 0.160. The number of thiocarbonyl (C=S) groups is 1. The van der Waals surface area contributed by atoms with Crippen molar-refractivity contribution < 1.29 is 9.53 Å². The number of halogens is 1. The van der Waals surface area contributed by atoms with Gasteiger partial charge in [-0.15, -0.1) is 11.3 Å². The number of carbonyl (C=O) groups excluding carboxylic acids is 1. The zero-order valence-corrected chi connectivity index (χ0v) is 20.8. The highest BCUT2D eigenvalue weighted by molar-refractivity contribution is 7.80. The molecular weight excluding hydrogens is 488 g/mol. The van der Waals surface area contributed by atoms with Crippen molar-refractivity contribution in [3.8, 4) is 0 Å². The lowest BCUT2D eigenvalue weighted by atomic mass is 10.1. The molecule has 0 atom stereocenters. The van der Waals surface area contributed by atoms with Crippen LogP contribution >= 0.6 is 35.2 Å². The Hall–Kier alpha value is -3.20. The summed E-state index contributed by atoms with van der Waals surface area (Å²) >= 11 is 13.2. The van der Waals surface area contributed by atoms with Gasteiger partial charge in [0, 0.05) is 22.5 Å². The predicted molar refractivity (Wildman–Crippen MR) is 142 cm³/mol. The molecule has 2 aromatic carbocycles. The number of esters is 1. The van der Waals surface area contributed by atoms with E-state index in [4.69, 9.17) is 28.6 Å². The molecule has 0 aliphatic heterocycles. The summed E-state index contributed by atoms with van der Waals surface area (Å²) in [6.07, 6.45) is 4.25. The molecule has 0 fully saturated rings. The van der Waals surface area contributed by atoms with Crippen LogP contribution in [-0.4, -0.2) is 27.5 Å². The Morgan fingerprint density at radius 1 is 1.15 bits per heavy atom. The highest BCUT2D eigenvalue weighted by atomic mass is 35.5. The topological polar surface area (TPSA) is 68.2 Å². The molecule has 0 aliphatic rings. The van der Waals surface area contributed by atoms with Crippen molar-refractivity contribution in [2.24, 2.45) is 0 Å². The van der Waals surface area contributed by atoms with E-state index in [1.54, 1.807) is 17.8 Å². The third-order valence-corrected chi connectivity index (χ3v) is 6.53. The number of nitrogens with zero attached hydrogens (tertiary/aromatic N) is 2. The van der Waals surface area contributed by atoms with Gasteiger partial charge in [-0.25, -0.2) is 4.79 Å². The molecule has 0 aliphatic carbocycles. The molecule has 0 radical (unpaired) electrons. The van der Waals surface area contributed by atoms with E-state index in [0.717, 1.165) is 21.7 Å². The van der Waals surface area contributed by atoms with Crippen molar-refractivity contribution in [1.29, 1.82) is 0 Å². The molecule has 0 bridgehead atoms. The molecule has 174 valence electrons. The number of rotatable bonds is 8. The van der Waals surface area contributed by atoms with Crippen LogP contribution in [0.4, 0.5) is 10.7 Å². The van der Waals surface area contributed by atoms with Gasteiger partial charge >= 0.3 is 5.97 Å². The van der Waals surface area contributed by atoms with Crippen molar-refractivity contribution in [3.63, 3.8) is 0 Å². The average molecular weight is 511 g/mol. The van der Waals surface area contributed by atoms with Gasteiger partial charge < -0.3 is 15.4 Å². The van der Waals surface area contributed by atoms with Crippen molar-refractivity contribution >= 4 is 56.9 Å².